The number of carbonyl (C=O) groups is 3. The molecule has 1 saturated carbocycles. The second kappa shape index (κ2) is 6.40. The van der Waals surface area contributed by atoms with Crippen molar-refractivity contribution in [3.63, 3.8) is 0 Å². The van der Waals surface area contributed by atoms with Gasteiger partial charge in [0.1, 0.15) is 5.78 Å². The first-order valence-corrected chi connectivity index (χ1v) is 7.52. The van der Waals surface area contributed by atoms with E-state index in [1.54, 1.807) is 31.2 Å². The molecule has 1 aliphatic rings. The lowest BCUT2D eigenvalue weighted by atomic mass is 9.57. The summed E-state index contributed by atoms with van der Waals surface area (Å²) in [6, 6.07) is 6.16. The van der Waals surface area contributed by atoms with Gasteiger partial charge in [-0.25, -0.2) is 9.59 Å². The number of esters is 1. The summed E-state index contributed by atoms with van der Waals surface area (Å²) in [6.45, 7) is 5.52. The molecule has 6 nitrogen and oxygen atoms in total. The number of hydrogen-bond donors (Lipinski definition) is 2. The minimum Gasteiger partial charge on any atom is -0.465 e. The second-order valence-corrected chi connectivity index (χ2v) is 6.41. The molecule has 0 saturated heterocycles. The lowest BCUT2D eigenvalue weighted by molar-refractivity contribution is -0.132. The number of nitrogens with one attached hydrogen (secondary N) is 2. The lowest BCUT2D eigenvalue weighted by Gasteiger charge is -2.51. The molecule has 0 radical (unpaired) electrons. The molecule has 2 rings (SSSR count). The molecule has 23 heavy (non-hydrogen) atoms. The largest absolute Gasteiger partial charge is 0.465 e. The Hall–Kier alpha value is -2.37. The summed E-state index contributed by atoms with van der Waals surface area (Å²) in [6.07, 6.45) is 0.633. The Kier molecular flexibility index (Phi) is 4.73. The van der Waals surface area contributed by atoms with Crippen LogP contribution < -0.4 is 10.6 Å². The molecule has 2 atom stereocenters. The van der Waals surface area contributed by atoms with Crippen LogP contribution in [0.2, 0.25) is 0 Å². The molecule has 0 heterocycles. The van der Waals surface area contributed by atoms with Gasteiger partial charge in [0.15, 0.2) is 0 Å². The summed E-state index contributed by atoms with van der Waals surface area (Å²) >= 11 is 0. The van der Waals surface area contributed by atoms with Gasteiger partial charge in [-0.1, -0.05) is 26.0 Å². The van der Waals surface area contributed by atoms with Crippen molar-refractivity contribution in [2.45, 2.75) is 33.2 Å². The first-order valence-electron chi connectivity index (χ1n) is 7.52. The van der Waals surface area contributed by atoms with Crippen LogP contribution in [-0.2, 0) is 9.53 Å². The van der Waals surface area contributed by atoms with Crippen LogP contribution in [-0.4, -0.2) is 30.9 Å². The topological polar surface area (TPSA) is 84.5 Å². The summed E-state index contributed by atoms with van der Waals surface area (Å²) in [5.74, 6) is -0.402. The third kappa shape index (κ3) is 3.36. The minimum atomic E-state index is -0.512. The maximum Gasteiger partial charge on any atom is 0.339 e. The first-order chi connectivity index (χ1) is 10.8. The zero-order valence-electron chi connectivity index (χ0n) is 13.8. The highest BCUT2D eigenvalue weighted by Crippen LogP contribution is 2.46. The van der Waals surface area contributed by atoms with Gasteiger partial charge in [-0.15, -0.1) is 0 Å². The number of carbonyl (C=O) groups excluding carboxylic acids is 3. The van der Waals surface area contributed by atoms with Gasteiger partial charge in [0, 0.05) is 12.0 Å². The molecule has 0 aliphatic heterocycles. The number of methoxy groups -OCH3 is 1. The maximum atomic E-state index is 12.2. The highest BCUT2D eigenvalue weighted by atomic mass is 16.5. The molecule has 1 fully saturated rings. The Morgan fingerprint density at radius 1 is 1.22 bits per heavy atom. The van der Waals surface area contributed by atoms with E-state index in [1.165, 1.54) is 7.11 Å². The van der Waals surface area contributed by atoms with Crippen LogP contribution >= 0.6 is 0 Å². The van der Waals surface area contributed by atoms with Gasteiger partial charge >= 0.3 is 12.0 Å². The van der Waals surface area contributed by atoms with E-state index in [9.17, 15) is 14.4 Å². The minimum absolute atomic E-state index is 0.0323. The van der Waals surface area contributed by atoms with Crippen molar-refractivity contribution in [2.75, 3.05) is 12.4 Å². The molecule has 0 bridgehead atoms. The quantitative estimate of drug-likeness (QED) is 0.836. The molecule has 2 amide bonds. The normalized spacial score (nSPS) is 21.7. The van der Waals surface area contributed by atoms with Crippen molar-refractivity contribution >= 4 is 23.5 Å². The number of benzene rings is 1. The van der Waals surface area contributed by atoms with Crippen molar-refractivity contribution in [1.29, 1.82) is 0 Å². The van der Waals surface area contributed by atoms with Gasteiger partial charge in [-0.05, 0) is 30.9 Å². The van der Waals surface area contributed by atoms with E-state index < -0.39 is 12.0 Å². The van der Waals surface area contributed by atoms with E-state index in [-0.39, 0.29) is 23.2 Å². The number of Topliss-reactive ketones (excluding diaryl/α,β-unsaturated/α-hetero) is 1. The molecule has 1 aromatic rings. The highest BCUT2D eigenvalue weighted by Gasteiger charge is 2.50. The Labute approximate surface area is 135 Å². The average molecular weight is 318 g/mol. The van der Waals surface area contributed by atoms with Crippen LogP contribution in [0.4, 0.5) is 10.5 Å². The number of anilines is 1. The van der Waals surface area contributed by atoms with Crippen LogP contribution in [0.3, 0.4) is 0 Å². The predicted octanol–water partition coefficient (Wildman–Crippen LogP) is 2.60. The summed E-state index contributed by atoms with van der Waals surface area (Å²) in [5, 5.41) is 5.54. The molecule has 6 heteroatoms. The summed E-state index contributed by atoms with van der Waals surface area (Å²) < 4.78 is 4.70. The van der Waals surface area contributed by atoms with Crippen LogP contribution in [0.15, 0.2) is 24.3 Å². The molecule has 0 aromatic heterocycles. The van der Waals surface area contributed by atoms with Gasteiger partial charge in [0.05, 0.1) is 18.4 Å². The molecule has 124 valence electrons. The standard InChI is InChI=1S/C17H22N2O4/c1-10(20)12-9-14(17(12,2)3)19-16(22)18-13-8-6-5-7-11(13)15(21)23-4/h5-8,12,14H,9H2,1-4H3,(H2,18,19,22). The number of rotatable bonds is 4. The van der Waals surface area contributed by atoms with Gasteiger partial charge in [-0.3, -0.25) is 4.79 Å². The number of amides is 2. The fourth-order valence-corrected chi connectivity index (χ4v) is 3.06. The Morgan fingerprint density at radius 2 is 1.87 bits per heavy atom. The second-order valence-electron chi connectivity index (χ2n) is 6.41. The van der Waals surface area contributed by atoms with Gasteiger partial charge < -0.3 is 15.4 Å². The Bertz CT molecular complexity index is 639. The summed E-state index contributed by atoms with van der Waals surface area (Å²) in [7, 11) is 1.29. The fourth-order valence-electron chi connectivity index (χ4n) is 3.06. The first kappa shape index (κ1) is 17.0. The zero-order valence-corrected chi connectivity index (χ0v) is 13.8. The van der Waals surface area contributed by atoms with Crippen molar-refractivity contribution in [1.82, 2.24) is 5.32 Å². The predicted molar refractivity (Wildman–Crippen MR) is 86.3 cm³/mol. The Balaban J connectivity index is 2.02. The zero-order chi connectivity index (χ0) is 17.2. The number of hydrogen-bond acceptors (Lipinski definition) is 4. The van der Waals surface area contributed by atoms with E-state index >= 15 is 0 Å². The number of urea groups is 1. The van der Waals surface area contributed by atoms with E-state index in [0.717, 1.165) is 0 Å². The van der Waals surface area contributed by atoms with Crippen molar-refractivity contribution < 1.29 is 19.1 Å². The van der Waals surface area contributed by atoms with Crippen LogP contribution in [0.25, 0.3) is 0 Å². The van der Waals surface area contributed by atoms with Crippen LogP contribution in [0.1, 0.15) is 37.6 Å². The number of ketones is 1. The summed E-state index contributed by atoms with van der Waals surface area (Å²) in [4.78, 5) is 35.4. The molecule has 2 unspecified atom stereocenters. The summed E-state index contributed by atoms with van der Waals surface area (Å²) in [5.41, 5.74) is 0.405. The van der Waals surface area contributed by atoms with Crippen molar-refractivity contribution in [3.05, 3.63) is 29.8 Å². The van der Waals surface area contributed by atoms with Gasteiger partial charge in [0.25, 0.3) is 0 Å². The van der Waals surface area contributed by atoms with E-state index in [1.807, 2.05) is 13.8 Å². The van der Waals surface area contributed by atoms with E-state index in [4.69, 9.17) is 4.74 Å². The lowest BCUT2D eigenvalue weighted by Crippen LogP contribution is -2.60. The molecular weight excluding hydrogens is 296 g/mol. The molecule has 1 aromatic carbocycles. The molecular formula is C17H22N2O4. The van der Waals surface area contributed by atoms with Crippen LogP contribution in [0.5, 0.6) is 0 Å². The number of ether oxygens (including phenoxy) is 1. The number of para-hydroxylation sites is 1. The molecule has 0 spiro atoms. The third-order valence-electron chi connectivity index (χ3n) is 4.64. The van der Waals surface area contributed by atoms with E-state index in [0.29, 0.717) is 17.7 Å². The maximum absolute atomic E-state index is 12.2. The monoisotopic (exact) mass is 318 g/mol. The molecule has 1 aliphatic carbocycles. The Morgan fingerprint density at radius 3 is 2.43 bits per heavy atom. The van der Waals surface area contributed by atoms with Crippen molar-refractivity contribution in [3.8, 4) is 0 Å². The van der Waals surface area contributed by atoms with Gasteiger partial charge in [-0.2, -0.15) is 0 Å². The third-order valence-corrected chi connectivity index (χ3v) is 4.64. The van der Waals surface area contributed by atoms with Crippen LogP contribution in [0, 0.1) is 11.3 Å². The van der Waals surface area contributed by atoms with Crippen molar-refractivity contribution in [2.24, 2.45) is 11.3 Å². The van der Waals surface area contributed by atoms with Gasteiger partial charge in [0.2, 0.25) is 0 Å². The smallest absolute Gasteiger partial charge is 0.339 e. The fraction of sp³-hybridized carbons (Fsp3) is 0.471. The SMILES string of the molecule is COC(=O)c1ccccc1NC(=O)NC1CC(C(C)=O)C1(C)C. The average Bonchev–Trinajstić information content (AvgIpc) is 2.50. The molecule has 2 N–H and O–H groups in total. The highest BCUT2D eigenvalue weighted by molar-refractivity contribution is 6.00. The van der Waals surface area contributed by atoms with E-state index in [2.05, 4.69) is 10.6 Å².